The van der Waals surface area contributed by atoms with Gasteiger partial charge in [0.05, 0.1) is 4.91 Å². The first-order valence-corrected chi connectivity index (χ1v) is 10.6. The minimum absolute atomic E-state index is 0.113. The van der Waals surface area contributed by atoms with Gasteiger partial charge in [-0.2, -0.15) is 0 Å². The van der Waals surface area contributed by atoms with Crippen molar-refractivity contribution in [2.75, 3.05) is 18.5 Å². The Balaban J connectivity index is 1.63. The number of thiocarbonyl (C=S) groups is 1. The molecule has 5 nitrogen and oxygen atoms in total. The Kier molecular flexibility index (Phi) is 7.07. The molecule has 0 aliphatic carbocycles. The largest absolute Gasteiger partial charge is 0.484 e. The molecule has 0 saturated carbocycles. The van der Waals surface area contributed by atoms with Crippen LogP contribution in [0.5, 0.6) is 5.75 Å². The highest BCUT2D eigenvalue weighted by Gasteiger charge is 2.30. The number of anilines is 1. The number of hydrogen-bond acceptors (Lipinski definition) is 5. The number of ether oxygens (including phenoxy) is 1. The Morgan fingerprint density at radius 1 is 1.23 bits per heavy atom. The molecule has 2 aromatic carbocycles. The van der Waals surface area contributed by atoms with E-state index in [1.54, 1.807) is 24.3 Å². The van der Waals surface area contributed by atoms with E-state index in [1.807, 2.05) is 44.2 Å². The molecule has 2 amide bonds. The molecule has 1 N–H and O–H groups in total. The van der Waals surface area contributed by atoms with E-state index >= 15 is 0 Å². The molecule has 1 saturated heterocycles. The van der Waals surface area contributed by atoms with Gasteiger partial charge in [0.2, 0.25) is 0 Å². The zero-order chi connectivity index (χ0) is 21.7. The molecular formula is C23H22N2O3S2. The summed E-state index contributed by atoms with van der Waals surface area (Å²) in [4.78, 5) is 26.7. The van der Waals surface area contributed by atoms with Gasteiger partial charge < -0.3 is 10.1 Å². The third kappa shape index (κ3) is 5.58. The summed E-state index contributed by atoms with van der Waals surface area (Å²) in [6, 6.07) is 13.1. The summed E-state index contributed by atoms with van der Waals surface area (Å²) >= 11 is 6.51. The highest BCUT2D eigenvalue weighted by atomic mass is 32.2. The lowest BCUT2D eigenvalue weighted by Gasteiger charge is -2.10. The quantitative estimate of drug-likeness (QED) is 0.385. The third-order valence-corrected chi connectivity index (χ3v) is 5.59. The van der Waals surface area contributed by atoms with Crippen LogP contribution in [0, 0.1) is 13.8 Å². The van der Waals surface area contributed by atoms with E-state index in [2.05, 4.69) is 11.9 Å². The van der Waals surface area contributed by atoms with Crippen molar-refractivity contribution < 1.29 is 14.3 Å². The zero-order valence-electron chi connectivity index (χ0n) is 16.8. The fourth-order valence-corrected chi connectivity index (χ4v) is 4.30. The van der Waals surface area contributed by atoms with Crippen LogP contribution in [0.25, 0.3) is 6.08 Å². The number of nitrogens with zero attached hydrogens (tertiary/aromatic N) is 1. The van der Waals surface area contributed by atoms with E-state index in [-0.39, 0.29) is 18.4 Å². The fourth-order valence-electron chi connectivity index (χ4n) is 3.02. The topological polar surface area (TPSA) is 58.6 Å². The van der Waals surface area contributed by atoms with Crippen LogP contribution in [0.2, 0.25) is 0 Å². The number of carbonyl (C=O) groups is 2. The van der Waals surface area contributed by atoms with Crippen LogP contribution in [-0.4, -0.2) is 34.2 Å². The molecule has 3 rings (SSSR count). The summed E-state index contributed by atoms with van der Waals surface area (Å²) in [5, 5.41) is 2.84. The monoisotopic (exact) mass is 438 g/mol. The first kappa shape index (κ1) is 21.8. The molecule has 2 aromatic rings. The number of hydrogen-bond donors (Lipinski definition) is 1. The molecule has 0 spiro atoms. The Bertz CT molecular complexity index is 1030. The van der Waals surface area contributed by atoms with Gasteiger partial charge in [-0.25, -0.2) is 0 Å². The smallest absolute Gasteiger partial charge is 0.266 e. The number of carbonyl (C=O) groups excluding carboxylic acids is 2. The molecule has 0 bridgehead atoms. The van der Waals surface area contributed by atoms with Gasteiger partial charge in [-0.05, 0) is 60.9 Å². The lowest BCUT2D eigenvalue weighted by atomic mass is 10.1. The highest BCUT2D eigenvalue weighted by Crippen LogP contribution is 2.32. The van der Waals surface area contributed by atoms with Gasteiger partial charge in [-0.1, -0.05) is 48.3 Å². The Labute approximate surface area is 185 Å². The highest BCUT2D eigenvalue weighted by molar-refractivity contribution is 8.26. The van der Waals surface area contributed by atoms with Gasteiger partial charge in [0.15, 0.2) is 6.61 Å². The van der Waals surface area contributed by atoms with Gasteiger partial charge in [-0.3, -0.25) is 14.5 Å². The van der Waals surface area contributed by atoms with Crippen molar-refractivity contribution in [2.24, 2.45) is 0 Å². The van der Waals surface area contributed by atoms with Crippen LogP contribution in [0.3, 0.4) is 0 Å². The van der Waals surface area contributed by atoms with Crippen LogP contribution in [-0.2, 0) is 9.59 Å². The Morgan fingerprint density at radius 2 is 1.97 bits per heavy atom. The van der Waals surface area contributed by atoms with E-state index in [0.717, 1.165) is 22.4 Å². The van der Waals surface area contributed by atoms with Crippen molar-refractivity contribution in [3.63, 3.8) is 0 Å². The van der Waals surface area contributed by atoms with E-state index in [9.17, 15) is 9.59 Å². The van der Waals surface area contributed by atoms with Crippen LogP contribution < -0.4 is 10.1 Å². The van der Waals surface area contributed by atoms with E-state index in [0.29, 0.717) is 21.5 Å². The van der Waals surface area contributed by atoms with Crippen molar-refractivity contribution in [2.45, 2.75) is 13.8 Å². The number of rotatable bonds is 7. The SMILES string of the molecule is C=CCN1C(=O)/C(=C/c2cccc(OCC(=O)Nc3cc(C)cc(C)c3)c2)SC1=S. The molecule has 0 atom stereocenters. The average molecular weight is 439 g/mol. The Morgan fingerprint density at radius 3 is 2.67 bits per heavy atom. The van der Waals surface area contributed by atoms with Gasteiger partial charge in [0, 0.05) is 12.2 Å². The van der Waals surface area contributed by atoms with Gasteiger partial charge >= 0.3 is 0 Å². The molecule has 1 aliphatic heterocycles. The van der Waals surface area contributed by atoms with Crippen LogP contribution in [0.15, 0.2) is 60.0 Å². The molecular weight excluding hydrogens is 416 g/mol. The number of nitrogens with one attached hydrogen (secondary N) is 1. The van der Waals surface area contributed by atoms with E-state index in [1.165, 1.54) is 16.7 Å². The molecule has 7 heteroatoms. The molecule has 154 valence electrons. The number of thioether (sulfide) groups is 1. The average Bonchev–Trinajstić information content (AvgIpc) is 2.94. The number of aryl methyl sites for hydroxylation is 2. The summed E-state index contributed by atoms with van der Waals surface area (Å²) in [6.07, 6.45) is 3.41. The van der Waals surface area contributed by atoms with Crippen LogP contribution in [0.1, 0.15) is 16.7 Å². The molecule has 1 heterocycles. The lowest BCUT2D eigenvalue weighted by Crippen LogP contribution is -2.27. The zero-order valence-corrected chi connectivity index (χ0v) is 18.4. The maximum Gasteiger partial charge on any atom is 0.266 e. The minimum atomic E-state index is -0.240. The standard InChI is InChI=1S/C23H22N2O3S2/c1-4-8-25-22(27)20(30-23(25)29)13-17-6-5-7-19(12-17)28-14-21(26)24-18-10-15(2)9-16(3)11-18/h4-7,9-13H,1,8,14H2,2-3H3,(H,24,26)/b20-13-. The summed E-state index contributed by atoms with van der Waals surface area (Å²) in [5.41, 5.74) is 3.70. The Hall–Kier alpha value is -2.90. The number of amides is 2. The summed E-state index contributed by atoms with van der Waals surface area (Å²) in [7, 11) is 0. The molecule has 30 heavy (non-hydrogen) atoms. The van der Waals surface area contributed by atoms with Gasteiger partial charge in [0.1, 0.15) is 10.1 Å². The molecule has 0 unspecified atom stereocenters. The van der Waals surface area contributed by atoms with Crippen LogP contribution in [0.4, 0.5) is 5.69 Å². The lowest BCUT2D eigenvalue weighted by molar-refractivity contribution is -0.121. The van der Waals surface area contributed by atoms with Crippen molar-refractivity contribution >= 4 is 51.9 Å². The molecule has 1 fully saturated rings. The predicted octanol–water partition coefficient (Wildman–Crippen LogP) is 4.71. The second-order valence-electron chi connectivity index (χ2n) is 6.87. The van der Waals surface area contributed by atoms with Crippen molar-refractivity contribution in [1.29, 1.82) is 0 Å². The maximum absolute atomic E-state index is 12.4. The van der Waals surface area contributed by atoms with Gasteiger partial charge in [-0.15, -0.1) is 6.58 Å². The van der Waals surface area contributed by atoms with Crippen molar-refractivity contribution in [3.8, 4) is 5.75 Å². The molecule has 0 aromatic heterocycles. The summed E-state index contributed by atoms with van der Waals surface area (Å²) in [6.45, 7) is 7.89. The normalized spacial score (nSPS) is 14.9. The third-order valence-electron chi connectivity index (χ3n) is 4.22. The summed E-state index contributed by atoms with van der Waals surface area (Å²) in [5.74, 6) is 0.167. The molecule has 0 radical (unpaired) electrons. The second-order valence-corrected chi connectivity index (χ2v) is 8.54. The molecule has 1 aliphatic rings. The van der Waals surface area contributed by atoms with Crippen LogP contribution >= 0.6 is 24.0 Å². The minimum Gasteiger partial charge on any atom is -0.484 e. The van der Waals surface area contributed by atoms with Gasteiger partial charge in [0.25, 0.3) is 11.8 Å². The van der Waals surface area contributed by atoms with E-state index in [4.69, 9.17) is 17.0 Å². The number of benzene rings is 2. The van der Waals surface area contributed by atoms with Crippen molar-refractivity contribution in [3.05, 3.63) is 76.7 Å². The first-order valence-electron chi connectivity index (χ1n) is 9.33. The fraction of sp³-hybridized carbons (Fsp3) is 0.174. The maximum atomic E-state index is 12.4. The van der Waals surface area contributed by atoms with E-state index < -0.39 is 0 Å². The van der Waals surface area contributed by atoms with Crippen molar-refractivity contribution in [1.82, 2.24) is 4.90 Å². The summed E-state index contributed by atoms with van der Waals surface area (Å²) < 4.78 is 6.15. The predicted molar refractivity (Wildman–Crippen MR) is 127 cm³/mol. The second kappa shape index (κ2) is 9.73. The first-order chi connectivity index (χ1) is 14.4.